The van der Waals surface area contributed by atoms with E-state index in [2.05, 4.69) is 0 Å². The van der Waals surface area contributed by atoms with E-state index in [1.807, 2.05) is 0 Å². The van der Waals surface area contributed by atoms with Crippen LogP contribution >= 0.6 is 23.2 Å². The van der Waals surface area contributed by atoms with Crippen LogP contribution in [0, 0.1) is 6.92 Å². The highest BCUT2D eigenvalue weighted by Crippen LogP contribution is 2.39. The van der Waals surface area contributed by atoms with Gasteiger partial charge in [-0.2, -0.15) is 4.31 Å². The zero-order valence-electron chi connectivity index (χ0n) is 15.3. The SMILES string of the molecule is Cc1ccc(Cl)cc1N1C(=O)N(Cc2ccc(Cl)cc2)c2ccccc2S1(=O)=O. The molecular formula is C21H16Cl2N2O3S. The molecule has 0 saturated heterocycles. The molecule has 148 valence electrons. The lowest BCUT2D eigenvalue weighted by atomic mass is 10.2. The Balaban J connectivity index is 1.89. The van der Waals surface area contributed by atoms with Gasteiger partial charge in [-0.05, 0) is 54.4 Å². The van der Waals surface area contributed by atoms with Crippen LogP contribution < -0.4 is 9.21 Å². The number of halogens is 2. The predicted molar refractivity (Wildman–Crippen MR) is 115 cm³/mol. The fraction of sp³-hybridized carbons (Fsp3) is 0.0952. The number of amides is 2. The first-order valence-electron chi connectivity index (χ1n) is 8.75. The second-order valence-electron chi connectivity index (χ2n) is 6.66. The van der Waals surface area contributed by atoms with Crippen LogP contribution in [-0.2, 0) is 16.6 Å². The number of benzene rings is 3. The van der Waals surface area contributed by atoms with E-state index in [0.29, 0.717) is 21.3 Å². The molecule has 0 aliphatic carbocycles. The zero-order valence-corrected chi connectivity index (χ0v) is 17.7. The Morgan fingerprint density at radius 2 is 1.52 bits per heavy atom. The number of anilines is 2. The highest BCUT2D eigenvalue weighted by molar-refractivity contribution is 7.94. The number of rotatable bonds is 3. The number of hydrogen-bond donors (Lipinski definition) is 0. The number of para-hydroxylation sites is 1. The molecule has 0 N–H and O–H groups in total. The van der Waals surface area contributed by atoms with Crippen LogP contribution in [0.3, 0.4) is 0 Å². The van der Waals surface area contributed by atoms with E-state index in [1.165, 1.54) is 17.0 Å². The highest BCUT2D eigenvalue weighted by Gasteiger charge is 2.42. The molecule has 1 aliphatic rings. The average Bonchev–Trinajstić information content (AvgIpc) is 2.69. The third kappa shape index (κ3) is 3.48. The molecule has 4 rings (SSSR count). The van der Waals surface area contributed by atoms with Crippen molar-refractivity contribution >= 4 is 50.6 Å². The Hall–Kier alpha value is -2.54. The van der Waals surface area contributed by atoms with Gasteiger partial charge in [0.25, 0.3) is 10.0 Å². The van der Waals surface area contributed by atoms with Crippen molar-refractivity contribution in [3.63, 3.8) is 0 Å². The minimum atomic E-state index is -4.09. The van der Waals surface area contributed by atoms with Gasteiger partial charge in [-0.1, -0.05) is 53.5 Å². The molecule has 0 fully saturated rings. The second-order valence-corrected chi connectivity index (χ2v) is 9.29. The molecule has 8 heteroatoms. The number of sulfonamides is 1. The monoisotopic (exact) mass is 446 g/mol. The summed E-state index contributed by atoms with van der Waals surface area (Å²) in [6.45, 7) is 1.93. The standard InChI is InChI=1S/C21H16Cl2N2O3S/c1-14-6-9-17(23)12-19(14)25-21(26)24(13-15-7-10-16(22)11-8-15)18-4-2-3-5-20(18)29(25,27)28/h2-12H,13H2,1H3. The molecule has 0 bridgehead atoms. The van der Waals surface area contributed by atoms with Crippen molar-refractivity contribution in [1.29, 1.82) is 0 Å². The molecule has 3 aromatic rings. The van der Waals surface area contributed by atoms with Crippen LogP contribution in [0.4, 0.5) is 16.2 Å². The number of urea groups is 1. The van der Waals surface area contributed by atoms with E-state index in [-0.39, 0.29) is 17.1 Å². The molecule has 0 aromatic heterocycles. The van der Waals surface area contributed by atoms with Crippen molar-refractivity contribution in [2.45, 2.75) is 18.4 Å². The van der Waals surface area contributed by atoms with Gasteiger partial charge in [0.15, 0.2) is 0 Å². The average molecular weight is 447 g/mol. The quantitative estimate of drug-likeness (QED) is 0.522. The summed E-state index contributed by atoms with van der Waals surface area (Å²) in [5.41, 5.74) is 2.01. The van der Waals surface area contributed by atoms with Crippen molar-refractivity contribution in [1.82, 2.24) is 0 Å². The van der Waals surface area contributed by atoms with E-state index in [0.717, 1.165) is 9.87 Å². The van der Waals surface area contributed by atoms with Gasteiger partial charge < -0.3 is 0 Å². The summed E-state index contributed by atoms with van der Waals surface area (Å²) in [6, 6.07) is 17.7. The van der Waals surface area contributed by atoms with E-state index in [4.69, 9.17) is 23.2 Å². The summed E-state index contributed by atoms with van der Waals surface area (Å²) < 4.78 is 27.5. The maximum atomic E-state index is 13.4. The van der Waals surface area contributed by atoms with Gasteiger partial charge in [0.1, 0.15) is 4.90 Å². The van der Waals surface area contributed by atoms with Gasteiger partial charge in [0, 0.05) is 10.0 Å². The first-order chi connectivity index (χ1) is 13.8. The first-order valence-corrected chi connectivity index (χ1v) is 10.9. The Morgan fingerprint density at radius 3 is 2.24 bits per heavy atom. The first kappa shape index (κ1) is 19.8. The van der Waals surface area contributed by atoms with Crippen LogP contribution in [-0.4, -0.2) is 14.4 Å². The molecule has 2 amide bonds. The summed E-state index contributed by atoms with van der Waals surface area (Å²) in [5.74, 6) is 0. The summed E-state index contributed by atoms with van der Waals surface area (Å²) in [7, 11) is -4.09. The second kappa shape index (κ2) is 7.37. The van der Waals surface area contributed by atoms with Crippen LogP contribution in [0.2, 0.25) is 10.0 Å². The van der Waals surface area contributed by atoms with Crippen molar-refractivity contribution < 1.29 is 13.2 Å². The Morgan fingerprint density at radius 1 is 0.862 bits per heavy atom. The molecular weight excluding hydrogens is 431 g/mol. The zero-order chi connectivity index (χ0) is 20.8. The van der Waals surface area contributed by atoms with Crippen LogP contribution in [0.5, 0.6) is 0 Å². The summed E-state index contributed by atoms with van der Waals surface area (Å²) in [6.07, 6.45) is 0. The number of fused-ring (bicyclic) bond motifs is 1. The van der Waals surface area contributed by atoms with Gasteiger partial charge in [-0.15, -0.1) is 0 Å². The highest BCUT2D eigenvalue weighted by atomic mass is 35.5. The molecule has 29 heavy (non-hydrogen) atoms. The van der Waals surface area contributed by atoms with Gasteiger partial charge >= 0.3 is 6.03 Å². The van der Waals surface area contributed by atoms with Gasteiger partial charge in [0.05, 0.1) is 17.9 Å². The van der Waals surface area contributed by atoms with Crippen molar-refractivity contribution in [2.24, 2.45) is 0 Å². The Kier molecular flexibility index (Phi) is 5.02. The summed E-state index contributed by atoms with van der Waals surface area (Å²) in [4.78, 5) is 14.9. The molecule has 0 saturated carbocycles. The van der Waals surface area contributed by atoms with Crippen molar-refractivity contribution in [3.8, 4) is 0 Å². The van der Waals surface area contributed by atoms with Gasteiger partial charge in [0.2, 0.25) is 0 Å². The lowest BCUT2D eigenvalue weighted by Gasteiger charge is -2.36. The van der Waals surface area contributed by atoms with Crippen LogP contribution in [0.15, 0.2) is 71.6 Å². The molecule has 1 aliphatic heterocycles. The normalized spacial score (nSPS) is 15.3. The molecule has 3 aromatic carbocycles. The predicted octanol–water partition coefficient (Wildman–Crippen LogP) is 5.64. The largest absolute Gasteiger partial charge is 0.343 e. The number of carbonyl (C=O) groups excluding carboxylic acids is 1. The van der Waals surface area contributed by atoms with E-state index < -0.39 is 16.1 Å². The fourth-order valence-electron chi connectivity index (χ4n) is 3.27. The smallest absolute Gasteiger partial charge is 0.287 e. The molecule has 1 heterocycles. The molecule has 5 nitrogen and oxygen atoms in total. The maximum absolute atomic E-state index is 13.4. The molecule has 0 spiro atoms. The van der Waals surface area contributed by atoms with E-state index >= 15 is 0 Å². The lowest BCUT2D eigenvalue weighted by Crippen LogP contribution is -2.51. The number of carbonyl (C=O) groups is 1. The fourth-order valence-corrected chi connectivity index (χ4v) is 5.21. The summed E-state index contributed by atoms with van der Waals surface area (Å²) >= 11 is 12.1. The number of nitrogens with zero attached hydrogens (tertiary/aromatic N) is 2. The third-order valence-corrected chi connectivity index (χ3v) is 6.94. The number of hydrogen-bond acceptors (Lipinski definition) is 3. The minimum absolute atomic E-state index is 0.0629. The van der Waals surface area contributed by atoms with Gasteiger partial charge in [-0.3, -0.25) is 4.90 Å². The summed E-state index contributed by atoms with van der Waals surface area (Å²) in [5, 5.41) is 0.926. The van der Waals surface area contributed by atoms with Crippen LogP contribution in [0.1, 0.15) is 11.1 Å². The molecule has 0 unspecified atom stereocenters. The van der Waals surface area contributed by atoms with Crippen molar-refractivity contribution in [2.75, 3.05) is 9.21 Å². The minimum Gasteiger partial charge on any atom is -0.287 e. The molecule has 0 atom stereocenters. The van der Waals surface area contributed by atoms with Gasteiger partial charge in [-0.25, -0.2) is 13.2 Å². The third-order valence-electron chi connectivity index (χ3n) is 4.72. The maximum Gasteiger partial charge on any atom is 0.343 e. The number of aryl methyl sites for hydroxylation is 1. The Labute approximate surface area is 179 Å². The Bertz CT molecular complexity index is 1210. The van der Waals surface area contributed by atoms with E-state index in [9.17, 15) is 13.2 Å². The van der Waals surface area contributed by atoms with Crippen molar-refractivity contribution in [3.05, 3.63) is 87.9 Å². The van der Waals surface area contributed by atoms with E-state index in [1.54, 1.807) is 61.5 Å². The molecule has 0 radical (unpaired) electrons. The lowest BCUT2D eigenvalue weighted by molar-refractivity contribution is 0.253. The topological polar surface area (TPSA) is 57.7 Å². The van der Waals surface area contributed by atoms with Crippen LogP contribution in [0.25, 0.3) is 0 Å².